The molecule has 7 nitrogen and oxygen atoms in total. The average molecular weight is 568 g/mol. The first-order chi connectivity index (χ1) is 18.1. The number of aliphatic hydroxyl groups is 1. The Hall–Kier alpha value is -2.27. The lowest BCUT2D eigenvalue weighted by Gasteiger charge is -2.36. The number of nitrogens with one attached hydrogen (secondary N) is 1. The van der Waals surface area contributed by atoms with Crippen molar-refractivity contribution in [3.8, 4) is 0 Å². The number of Topliss-reactive ketones (excluding diaryl/α,β-unsaturated/α-hetero) is 1. The van der Waals surface area contributed by atoms with Gasteiger partial charge in [-0.25, -0.2) is 4.79 Å². The second kappa shape index (κ2) is 9.43. The number of carbonyl (C=O) groups is 2. The van der Waals surface area contributed by atoms with Crippen molar-refractivity contribution in [2.75, 3.05) is 18.9 Å². The number of rotatable bonds is 6. The van der Waals surface area contributed by atoms with E-state index in [1.165, 1.54) is 16.2 Å². The number of cyclic esters (lactones) is 1. The van der Waals surface area contributed by atoms with Gasteiger partial charge in [-0.05, 0) is 41.2 Å². The highest BCUT2D eigenvalue weighted by molar-refractivity contribution is 8.15. The van der Waals surface area contributed by atoms with E-state index in [2.05, 4.69) is 52.6 Å². The van der Waals surface area contributed by atoms with E-state index in [1.54, 1.807) is 6.92 Å². The number of aryl methyl sites for hydroxylation is 1. The molecule has 0 bridgehead atoms. The summed E-state index contributed by atoms with van der Waals surface area (Å²) in [5, 5.41) is 15.7. The molecule has 2 atom stereocenters. The highest BCUT2D eigenvalue weighted by Gasteiger charge is 2.51. The van der Waals surface area contributed by atoms with Crippen molar-refractivity contribution in [3.63, 3.8) is 0 Å². The minimum absolute atomic E-state index is 0.0883. The second-order valence-electron chi connectivity index (χ2n) is 11.3. The monoisotopic (exact) mass is 567 g/mol. The number of fused-ring (bicyclic) bond motifs is 3. The maximum Gasteiger partial charge on any atom is 0.342 e. The summed E-state index contributed by atoms with van der Waals surface area (Å²) in [4.78, 5) is 33.1. The molecule has 1 unspecified atom stereocenters. The number of hydrogen-bond acceptors (Lipinski definition) is 9. The van der Waals surface area contributed by atoms with Crippen LogP contribution in [0.4, 0.5) is 0 Å². The van der Waals surface area contributed by atoms with Gasteiger partial charge in [0.25, 0.3) is 0 Å². The summed E-state index contributed by atoms with van der Waals surface area (Å²) in [5.74, 6) is 1.09. The third kappa shape index (κ3) is 4.03. The summed E-state index contributed by atoms with van der Waals surface area (Å²) in [5.41, 5.74) is 4.20. The smallest absolute Gasteiger partial charge is 0.342 e. The van der Waals surface area contributed by atoms with Crippen LogP contribution in [0.3, 0.4) is 0 Å². The van der Waals surface area contributed by atoms with Crippen molar-refractivity contribution < 1.29 is 19.4 Å². The molecule has 0 saturated heterocycles. The van der Waals surface area contributed by atoms with Crippen molar-refractivity contribution >= 4 is 55.3 Å². The fourth-order valence-corrected chi connectivity index (χ4v) is 10.6. The Morgan fingerprint density at radius 1 is 1.34 bits per heavy atom. The van der Waals surface area contributed by atoms with E-state index in [9.17, 15) is 14.7 Å². The maximum absolute atomic E-state index is 13.7. The van der Waals surface area contributed by atoms with Gasteiger partial charge in [-0.2, -0.15) is 12.6 Å². The van der Waals surface area contributed by atoms with Gasteiger partial charge in [0.1, 0.15) is 18.1 Å². The summed E-state index contributed by atoms with van der Waals surface area (Å²) in [6, 6.07) is 7.56. The van der Waals surface area contributed by atoms with Gasteiger partial charge in [0.2, 0.25) is 5.78 Å². The number of hydrogen-bond donors (Lipinski definition) is 3. The molecule has 5 aliphatic rings. The largest absolute Gasteiger partial charge is 0.458 e. The zero-order valence-corrected chi connectivity index (χ0v) is 24.7. The normalized spacial score (nSPS) is 25.2. The van der Waals surface area contributed by atoms with Crippen molar-refractivity contribution in [2.24, 2.45) is 4.99 Å². The molecule has 0 saturated carbocycles. The molecule has 200 valence electrons. The van der Waals surface area contributed by atoms with Crippen molar-refractivity contribution in [1.82, 2.24) is 10.2 Å². The lowest BCUT2D eigenvalue weighted by molar-refractivity contribution is -0.163. The fraction of sp³-hybridized carbons (Fsp3) is 0.464. The van der Waals surface area contributed by atoms with Gasteiger partial charge < -0.3 is 20.1 Å². The van der Waals surface area contributed by atoms with Crippen LogP contribution < -0.4 is 5.32 Å². The van der Waals surface area contributed by atoms with Gasteiger partial charge in [0.05, 0.1) is 19.7 Å². The summed E-state index contributed by atoms with van der Waals surface area (Å²) < 4.78 is 5.25. The molecule has 0 aromatic heterocycles. The molecule has 1 aromatic carbocycles. The number of nitrogens with zero attached hydrogens (tertiary/aromatic N) is 2. The minimum atomic E-state index is -1.75. The van der Waals surface area contributed by atoms with Gasteiger partial charge >= 0.3 is 5.97 Å². The first-order valence-corrected chi connectivity index (χ1v) is 18.0. The van der Waals surface area contributed by atoms with Crippen LogP contribution >= 0.6 is 24.4 Å². The second-order valence-corrected chi connectivity index (χ2v) is 18.4. The number of ether oxygens (including phenoxy) is 1. The van der Waals surface area contributed by atoms with E-state index in [4.69, 9.17) is 17.4 Å². The molecular formula is C28H33N3O4S2Si. The van der Waals surface area contributed by atoms with Gasteiger partial charge in [0.15, 0.2) is 5.60 Å². The summed E-state index contributed by atoms with van der Waals surface area (Å²) >= 11 is 6.87. The Kier molecular flexibility index (Phi) is 6.45. The molecule has 1 aromatic rings. The van der Waals surface area contributed by atoms with Crippen molar-refractivity contribution in [1.29, 1.82) is 0 Å². The van der Waals surface area contributed by atoms with Crippen LogP contribution in [0.2, 0.25) is 19.1 Å². The number of thioether (sulfide) groups is 1. The van der Waals surface area contributed by atoms with Crippen LogP contribution in [0.25, 0.3) is 6.08 Å². The van der Waals surface area contributed by atoms with E-state index >= 15 is 0 Å². The lowest BCUT2D eigenvalue weighted by Crippen LogP contribution is -2.48. The SMILES string of the molecule is CC[C@@]1(O)C(=O)OCC2=C1CC1=C(C2=O)N2Cc3c(cccc3CC[Si](C)(C)C(S)C3=NCCS3)C=C2N1. The summed E-state index contributed by atoms with van der Waals surface area (Å²) in [6.07, 6.45) is 3.57. The Morgan fingerprint density at radius 2 is 2.16 bits per heavy atom. The van der Waals surface area contributed by atoms with Gasteiger partial charge in [-0.3, -0.25) is 9.79 Å². The molecule has 4 heterocycles. The number of esters is 1. The Labute approximate surface area is 233 Å². The Balaban J connectivity index is 1.26. The van der Waals surface area contributed by atoms with Gasteiger partial charge in [-0.15, -0.1) is 11.8 Å². The first kappa shape index (κ1) is 26.0. The molecule has 0 fully saturated rings. The van der Waals surface area contributed by atoms with Crippen LogP contribution in [-0.4, -0.2) is 64.3 Å². The zero-order chi connectivity index (χ0) is 26.8. The minimum Gasteiger partial charge on any atom is -0.458 e. The molecule has 2 N–H and O–H groups in total. The van der Waals surface area contributed by atoms with E-state index in [0.29, 0.717) is 29.8 Å². The molecule has 10 heteroatoms. The predicted molar refractivity (Wildman–Crippen MR) is 157 cm³/mol. The fourth-order valence-electron chi connectivity index (χ4n) is 6.05. The summed E-state index contributed by atoms with van der Waals surface area (Å²) in [7, 11) is -1.67. The molecular weight excluding hydrogens is 535 g/mol. The van der Waals surface area contributed by atoms with E-state index in [0.717, 1.165) is 41.8 Å². The number of benzene rings is 1. The number of ketones is 1. The maximum atomic E-state index is 13.7. The molecule has 0 radical (unpaired) electrons. The highest BCUT2D eigenvalue weighted by atomic mass is 32.2. The highest BCUT2D eigenvalue weighted by Crippen LogP contribution is 2.44. The van der Waals surface area contributed by atoms with Crippen molar-refractivity contribution in [2.45, 2.75) is 62.3 Å². The number of carbonyl (C=O) groups excluding carboxylic acids is 2. The molecule has 6 rings (SSSR count). The number of allylic oxidation sites excluding steroid dienone is 2. The molecule has 0 spiro atoms. The van der Waals surface area contributed by atoms with Crippen LogP contribution in [0.15, 0.2) is 51.6 Å². The zero-order valence-electron chi connectivity index (χ0n) is 22.0. The predicted octanol–water partition coefficient (Wildman–Crippen LogP) is 3.82. The standard InChI is InChI=1S/C28H33N3O4S2Si/c1-4-28(34)20-13-21-23(24(32)19(20)15-35-27(28)33)31-14-18-16(6-5-7-17(18)12-22(31)30-21)8-11-38(2,3)26(36)25-29-9-10-37-25/h5-7,12,26,30,34,36H,4,8-11,13-15H2,1-3H3/t26?,28-/m0/s1. The quantitative estimate of drug-likeness (QED) is 0.274. The summed E-state index contributed by atoms with van der Waals surface area (Å²) in [6.45, 7) is 7.96. The first-order valence-electron chi connectivity index (χ1n) is 13.3. The number of aliphatic imine (C=N–C) groups is 1. The third-order valence-corrected chi connectivity index (χ3v) is 15.6. The van der Waals surface area contributed by atoms with E-state index in [1.807, 2.05) is 11.8 Å². The van der Waals surface area contributed by atoms with Crippen molar-refractivity contribution in [3.05, 3.63) is 63.3 Å². The van der Waals surface area contributed by atoms with Gasteiger partial charge in [0, 0.05) is 34.9 Å². The van der Waals surface area contributed by atoms with Crippen LogP contribution in [0, 0.1) is 0 Å². The Bertz CT molecular complexity index is 1380. The van der Waals surface area contributed by atoms with Crippen LogP contribution in [-0.2, 0) is 27.3 Å². The van der Waals surface area contributed by atoms with Crippen LogP contribution in [0.1, 0.15) is 36.5 Å². The van der Waals surface area contributed by atoms with E-state index in [-0.39, 0.29) is 23.7 Å². The lowest BCUT2D eigenvalue weighted by atomic mass is 9.78. The molecule has 0 amide bonds. The van der Waals surface area contributed by atoms with Crippen LogP contribution in [0.5, 0.6) is 0 Å². The number of thiol groups is 1. The third-order valence-electron chi connectivity index (χ3n) is 8.57. The molecule has 1 aliphatic carbocycles. The van der Waals surface area contributed by atoms with Gasteiger partial charge in [-0.1, -0.05) is 44.3 Å². The molecule has 38 heavy (non-hydrogen) atoms. The Morgan fingerprint density at radius 3 is 2.89 bits per heavy atom. The topological polar surface area (TPSA) is 91.2 Å². The van der Waals surface area contributed by atoms with E-state index < -0.39 is 19.6 Å². The average Bonchev–Trinajstić information content (AvgIpc) is 3.56. The molecule has 4 aliphatic heterocycles.